The second kappa shape index (κ2) is 9.37. The molecule has 8 nitrogen and oxygen atoms in total. The predicted molar refractivity (Wildman–Crippen MR) is 128 cm³/mol. The van der Waals surface area contributed by atoms with Crippen molar-refractivity contribution in [1.82, 2.24) is 20.9 Å². The highest BCUT2D eigenvalue weighted by molar-refractivity contribution is 7.92. The maximum Gasteiger partial charge on any atom is 0.247 e. The third-order valence-electron chi connectivity index (χ3n) is 7.61. The maximum absolute atomic E-state index is 13.1. The molecule has 0 spiro atoms. The van der Waals surface area contributed by atoms with Crippen molar-refractivity contribution in [3.63, 3.8) is 0 Å². The molecule has 0 radical (unpaired) electrons. The normalized spacial score (nSPS) is 29.3. The highest BCUT2D eigenvalue weighted by Crippen LogP contribution is 2.31. The van der Waals surface area contributed by atoms with E-state index in [2.05, 4.69) is 26.2 Å². The van der Waals surface area contributed by atoms with E-state index in [-0.39, 0.29) is 29.5 Å². The van der Waals surface area contributed by atoms with Gasteiger partial charge >= 0.3 is 0 Å². The molecule has 3 heterocycles. The second-order valence-electron chi connectivity index (χ2n) is 9.77. The summed E-state index contributed by atoms with van der Waals surface area (Å²) in [5, 5.41) is 13.5. The first-order valence-corrected chi connectivity index (χ1v) is 13.8. The van der Waals surface area contributed by atoms with Gasteiger partial charge in [-0.25, -0.2) is 8.42 Å². The van der Waals surface area contributed by atoms with E-state index in [1.54, 1.807) is 18.2 Å². The van der Waals surface area contributed by atoms with Gasteiger partial charge in [-0.1, -0.05) is 18.9 Å². The Bertz CT molecular complexity index is 1010. The van der Waals surface area contributed by atoms with E-state index in [1.165, 1.54) is 12.8 Å². The number of rotatable bonds is 5. The average molecular weight is 474 g/mol. The fraction of sp³-hybridized carbons (Fsp3) is 0.625. The molecule has 1 aromatic carbocycles. The summed E-state index contributed by atoms with van der Waals surface area (Å²) < 4.78 is 26.1. The minimum Gasteiger partial charge on any atom is -0.357 e. The molecule has 180 valence electrons. The van der Waals surface area contributed by atoms with E-state index in [1.807, 2.05) is 19.1 Å². The van der Waals surface area contributed by atoms with Gasteiger partial charge < -0.3 is 15.5 Å². The highest BCUT2D eigenvalue weighted by atomic mass is 32.2. The molecule has 4 N–H and O–H groups in total. The average Bonchev–Trinajstić information content (AvgIpc) is 3.35. The quantitative estimate of drug-likeness (QED) is 0.516. The molecule has 5 rings (SSSR count). The number of carbonyl (C=O) groups is 1. The molecule has 3 fully saturated rings. The van der Waals surface area contributed by atoms with E-state index in [4.69, 9.17) is 0 Å². The van der Waals surface area contributed by atoms with Crippen LogP contribution in [0.25, 0.3) is 0 Å². The Morgan fingerprint density at radius 2 is 1.85 bits per heavy atom. The minimum atomic E-state index is -3.32. The number of sulfone groups is 1. The van der Waals surface area contributed by atoms with Crippen LogP contribution in [0.5, 0.6) is 0 Å². The number of anilines is 1. The van der Waals surface area contributed by atoms with Crippen molar-refractivity contribution in [3.8, 4) is 0 Å². The van der Waals surface area contributed by atoms with Crippen LogP contribution in [0.1, 0.15) is 44.1 Å². The fourth-order valence-electron chi connectivity index (χ4n) is 5.72. The summed E-state index contributed by atoms with van der Waals surface area (Å²) in [5.41, 5.74) is 1.77. The molecule has 3 atom stereocenters. The number of nitrogens with zero attached hydrogens (tertiary/aromatic N) is 1. The summed E-state index contributed by atoms with van der Waals surface area (Å²) in [4.78, 5) is 15.2. The van der Waals surface area contributed by atoms with Crippen LogP contribution in [0.15, 0.2) is 35.2 Å². The molecule has 4 aliphatic rings. The van der Waals surface area contributed by atoms with Crippen LogP contribution in [-0.4, -0.2) is 62.6 Å². The number of aryl methyl sites for hydroxylation is 1. The first kappa shape index (κ1) is 22.8. The predicted octanol–water partition coefficient (Wildman–Crippen LogP) is 1.69. The molecular weight excluding hydrogens is 438 g/mol. The lowest BCUT2D eigenvalue weighted by Crippen LogP contribution is -2.69. The summed E-state index contributed by atoms with van der Waals surface area (Å²) in [6.45, 7) is 4.20. The number of piperidine rings is 1. The van der Waals surface area contributed by atoms with Crippen molar-refractivity contribution in [1.29, 1.82) is 0 Å². The SMILES string of the molecule is Cc1cc(S(=O)(=O)C2CCNCC2)ccc1NC1NCC2C=CC(=O)N(C3CCCC3)C2N1. The molecule has 3 unspecified atom stereocenters. The Labute approximate surface area is 196 Å². The topological polar surface area (TPSA) is 103 Å². The smallest absolute Gasteiger partial charge is 0.247 e. The molecule has 33 heavy (non-hydrogen) atoms. The van der Waals surface area contributed by atoms with Crippen molar-refractivity contribution in [3.05, 3.63) is 35.9 Å². The Balaban J connectivity index is 1.29. The number of hydrogen-bond acceptors (Lipinski definition) is 7. The summed E-state index contributed by atoms with van der Waals surface area (Å²) in [5.74, 6) is 0.333. The number of carbonyl (C=O) groups excluding carboxylic acids is 1. The third-order valence-corrected chi connectivity index (χ3v) is 9.87. The van der Waals surface area contributed by atoms with Crippen LogP contribution in [0, 0.1) is 12.8 Å². The van der Waals surface area contributed by atoms with Gasteiger partial charge in [0.15, 0.2) is 9.84 Å². The van der Waals surface area contributed by atoms with Gasteiger partial charge in [0.2, 0.25) is 5.91 Å². The fourth-order valence-corrected chi connectivity index (χ4v) is 7.56. The maximum atomic E-state index is 13.1. The zero-order valence-corrected chi connectivity index (χ0v) is 20.0. The Kier molecular flexibility index (Phi) is 6.48. The van der Waals surface area contributed by atoms with Crippen LogP contribution in [0.3, 0.4) is 0 Å². The van der Waals surface area contributed by atoms with E-state index >= 15 is 0 Å². The first-order valence-electron chi connectivity index (χ1n) is 12.3. The zero-order valence-electron chi connectivity index (χ0n) is 19.2. The van der Waals surface area contributed by atoms with Crippen LogP contribution in [-0.2, 0) is 14.6 Å². The van der Waals surface area contributed by atoms with Crippen molar-refractivity contribution in [2.24, 2.45) is 5.92 Å². The molecule has 0 bridgehead atoms. The highest BCUT2D eigenvalue weighted by Gasteiger charge is 2.41. The van der Waals surface area contributed by atoms with Crippen molar-refractivity contribution < 1.29 is 13.2 Å². The molecule has 9 heteroatoms. The van der Waals surface area contributed by atoms with E-state index in [0.717, 1.165) is 43.7 Å². The van der Waals surface area contributed by atoms with Crippen LogP contribution in [0.4, 0.5) is 5.69 Å². The zero-order chi connectivity index (χ0) is 23.0. The molecule has 1 aliphatic carbocycles. The van der Waals surface area contributed by atoms with Gasteiger partial charge in [0.05, 0.1) is 16.3 Å². The van der Waals surface area contributed by atoms with E-state index in [9.17, 15) is 13.2 Å². The van der Waals surface area contributed by atoms with Gasteiger partial charge in [-0.15, -0.1) is 0 Å². The molecule has 1 amide bonds. The van der Waals surface area contributed by atoms with Gasteiger partial charge in [-0.05, 0) is 75.5 Å². The summed E-state index contributed by atoms with van der Waals surface area (Å²) in [7, 11) is -3.32. The molecule has 1 aromatic rings. The second-order valence-corrected chi connectivity index (χ2v) is 12.0. The van der Waals surface area contributed by atoms with E-state index < -0.39 is 9.84 Å². The largest absolute Gasteiger partial charge is 0.357 e. The van der Waals surface area contributed by atoms with Crippen molar-refractivity contribution in [2.75, 3.05) is 25.0 Å². The lowest BCUT2D eigenvalue weighted by atomic mass is 9.96. The Morgan fingerprint density at radius 1 is 1.09 bits per heavy atom. The minimum absolute atomic E-state index is 0.0378. The summed E-state index contributed by atoms with van der Waals surface area (Å²) in [6.07, 6.45) is 9.31. The lowest BCUT2D eigenvalue weighted by Gasteiger charge is -2.47. The lowest BCUT2D eigenvalue weighted by molar-refractivity contribution is -0.135. The number of amides is 1. The molecule has 1 saturated carbocycles. The first-order chi connectivity index (χ1) is 15.9. The van der Waals surface area contributed by atoms with Crippen LogP contribution in [0.2, 0.25) is 0 Å². The number of hydrogen-bond donors (Lipinski definition) is 4. The monoisotopic (exact) mass is 473 g/mol. The van der Waals surface area contributed by atoms with Crippen LogP contribution < -0.4 is 21.3 Å². The van der Waals surface area contributed by atoms with Gasteiger partial charge in [0.1, 0.15) is 6.29 Å². The van der Waals surface area contributed by atoms with Crippen LogP contribution >= 0.6 is 0 Å². The van der Waals surface area contributed by atoms with Gasteiger partial charge in [-0.2, -0.15) is 0 Å². The summed E-state index contributed by atoms with van der Waals surface area (Å²) in [6, 6.07) is 5.67. The third kappa shape index (κ3) is 4.56. The number of fused-ring (bicyclic) bond motifs is 1. The number of nitrogens with one attached hydrogen (secondary N) is 4. The van der Waals surface area contributed by atoms with Gasteiger partial charge in [0, 0.05) is 24.2 Å². The van der Waals surface area contributed by atoms with E-state index in [0.29, 0.717) is 23.8 Å². The Hall–Kier alpha value is -1.94. The standard InChI is InChI=1S/C24H35N5O3S/c1-16-14-20(33(31,32)19-10-12-25-13-11-19)7-8-21(16)27-24-26-15-17-6-9-22(30)29(23(17)28-24)18-4-2-3-5-18/h6-9,14,17-19,23-28H,2-5,10-13,15H2,1H3. The number of benzene rings is 1. The molecule has 0 aromatic heterocycles. The van der Waals surface area contributed by atoms with Gasteiger partial charge in [-0.3, -0.25) is 15.4 Å². The summed E-state index contributed by atoms with van der Waals surface area (Å²) >= 11 is 0. The van der Waals surface area contributed by atoms with Crippen molar-refractivity contribution in [2.45, 2.75) is 74.1 Å². The molecule has 3 aliphatic heterocycles. The molecular formula is C24H35N5O3S. The molecule has 2 saturated heterocycles. The van der Waals surface area contributed by atoms with Crippen molar-refractivity contribution >= 4 is 21.4 Å². The Morgan fingerprint density at radius 3 is 2.58 bits per heavy atom. The van der Waals surface area contributed by atoms with Gasteiger partial charge in [0.25, 0.3) is 0 Å².